The number of aryl methyl sites for hydroxylation is 1. The highest BCUT2D eigenvalue weighted by atomic mass is 16.3. The van der Waals surface area contributed by atoms with Crippen LogP contribution in [0.15, 0.2) is 6.20 Å². The molecule has 1 fully saturated rings. The van der Waals surface area contributed by atoms with Gasteiger partial charge >= 0.3 is 0 Å². The van der Waals surface area contributed by atoms with Crippen LogP contribution in [0.4, 0.5) is 0 Å². The molecule has 0 bridgehead atoms. The molecular formula is C16H29N3O. The van der Waals surface area contributed by atoms with E-state index in [-0.39, 0.29) is 6.10 Å². The fourth-order valence-corrected chi connectivity index (χ4v) is 3.11. The molecule has 0 aromatic carbocycles. The van der Waals surface area contributed by atoms with Gasteiger partial charge in [-0.2, -0.15) is 5.10 Å². The van der Waals surface area contributed by atoms with Gasteiger partial charge < -0.3 is 5.11 Å². The molecule has 2 rings (SSSR count). The molecular weight excluding hydrogens is 250 g/mol. The van der Waals surface area contributed by atoms with E-state index in [4.69, 9.17) is 0 Å². The van der Waals surface area contributed by atoms with Gasteiger partial charge in [0.15, 0.2) is 0 Å². The Morgan fingerprint density at radius 2 is 2.00 bits per heavy atom. The molecule has 1 aromatic heterocycles. The monoisotopic (exact) mass is 279 g/mol. The third-order valence-electron chi connectivity index (χ3n) is 4.62. The highest BCUT2D eigenvalue weighted by molar-refractivity contribution is 5.15. The number of piperidine rings is 1. The summed E-state index contributed by atoms with van der Waals surface area (Å²) >= 11 is 0. The molecule has 1 atom stereocenters. The van der Waals surface area contributed by atoms with E-state index in [0.29, 0.717) is 11.8 Å². The molecule has 114 valence electrons. The number of nitrogens with zero attached hydrogens (tertiary/aromatic N) is 3. The molecule has 1 aliphatic heterocycles. The first kappa shape index (κ1) is 15.5. The molecule has 0 spiro atoms. The minimum atomic E-state index is -0.114. The molecule has 1 N–H and O–H groups in total. The summed E-state index contributed by atoms with van der Waals surface area (Å²) < 4.78 is 1.94. The Morgan fingerprint density at radius 1 is 1.35 bits per heavy atom. The van der Waals surface area contributed by atoms with Gasteiger partial charge in [0.05, 0.1) is 12.3 Å². The zero-order valence-electron chi connectivity index (χ0n) is 13.3. The van der Waals surface area contributed by atoms with Crippen LogP contribution in [0.5, 0.6) is 0 Å². The van der Waals surface area contributed by atoms with Crippen LogP contribution in [0.25, 0.3) is 0 Å². The van der Waals surface area contributed by atoms with Gasteiger partial charge in [0.25, 0.3) is 0 Å². The number of likely N-dealkylation sites (tertiary alicyclic amines) is 1. The smallest absolute Gasteiger partial charge is 0.0571 e. The Kier molecular flexibility index (Phi) is 5.22. The van der Waals surface area contributed by atoms with Crippen molar-refractivity contribution in [1.29, 1.82) is 0 Å². The Hall–Kier alpha value is -0.870. The van der Waals surface area contributed by atoms with Gasteiger partial charge in [-0.3, -0.25) is 9.58 Å². The van der Waals surface area contributed by atoms with Crippen LogP contribution in [-0.2, 0) is 13.6 Å². The molecule has 0 amide bonds. The van der Waals surface area contributed by atoms with Gasteiger partial charge in [-0.15, -0.1) is 0 Å². The molecule has 20 heavy (non-hydrogen) atoms. The van der Waals surface area contributed by atoms with Crippen molar-refractivity contribution in [2.45, 2.75) is 52.7 Å². The Balaban J connectivity index is 1.81. The zero-order valence-corrected chi connectivity index (χ0v) is 13.3. The van der Waals surface area contributed by atoms with Crippen LogP contribution in [0, 0.1) is 18.8 Å². The third-order valence-corrected chi connectivity index (χ3v) is 4.62. The summed E-state index contributed by atoms with van der Waals surface area (Å²) in [6, 6.07) is 0. The molecule has 1 saturated heterocycles. The molecule has 4 heteroatoms. The lowest BCUT2D eigenvalue weighted by Crippen LogP contribution is -2.37. The van der Waals surface area contributed by atoms with Crippen molar-refractivity contribution in [2.75, 3.05) is 13.1 Å². The maximum absolute atomic E-state index is 10.2. The lowest BCUT2D eigenvalue weighted by molar-refractivity contribution is 0.0436. The van der Waals surface area contributed by atoms with Crippen molar-refractivity contribution in [1.82, 2.24) is 14.7 Å². The molecule has 2 heterocycles. The maximum atomic E-state index is 10.2. The quantitative estimate of drug-likeness (QED) is 0.899. The number of aliphatic hydroxyl groups is 1. The number of aliphatic hydroxyl groups excluding tert-OH is 1. The standard InChI is InChI=1S/C16H29N3O/c1-12(2)9-16(20)14-5-7-19(8-6-14)11-15-10-17-18(4)13(15)3/h10,12,14,16,20H,5-9,11H2,1-4H3/t16-/m1/s1. The highest BCUT2D eigenvalue weighted by Gasteiger charge is 2.26. The summed E-state index contributed by atoms with van der Waals surface area (Å²) in [6.45, 7) is 9.67. The van der Waals surface area contributed by atoms with Crippen molar-refractivity contribution in [2.24, 2.45) is 18.9 Å². The van der Waals surface area contributed by atoms with Crippen LogP contribution in [0.2, 0.25) is 0 Å². The van der Waals surface area contributed by atoms with Gasteiger partial charge in [-0.25, -0.2) is 0 Å². The first-order valence-corrected chi connectivity index (χ1v) is 7.85. The molecule has 0 aliphatic carbocycles. The largest absolute Gasteiger partial charge is 0.393 e. The van der Waals surface area contributed by atoms with Crippen LogP contribution >= 0.6 is 0 Å². The van der Waals surface area contributed by atoms with Crippen LogP contribution in [-0.4, -0.2) is 39.0 Å². The maximum Gasteiger partial charge on any atom is 0.0571 e. The van der Waals surface area contributed by atoms with Crippen LogP contribution in [0.1, 0.15) is 44.4 Å². The van der Waals surface area contributed by atoms with Gasteiger partial charge in [-0.1, -0.05) is 13.8 Å². The number of rotatable bonds is 5. The molecule has 0 unspecified atom stereocenters. The number of aromatic nitrogens is 2. The second kappa shape index (κ2) is 6.72. The molecule has 1 aliphatic rings. The van der Waals surface area contributed by atoms with Crippen molar-refractivity contribution in [3.63, 3.8) is 0 Å². The van der Waals surface area contributed by atoms with Crippen molar-refractivity contribution in [3.05, 3.63) is 17.5 Å². The summed E-state index contributed by atoms with van der Waals surface area (Å²) in [5.74, 6) is 1.07. The summed E-state index contributed by atoms with van der Waals surface area (Å²) in [5.41, 5.74) is 2.58. The first-order chi connectivity index (χ1) is 9.47. The van der Waals surface area contributed by atoms with Crippen molar-refractivity contribution in [3.8, 4) is 0 Å². The summed E-state index contributed by atoms with van der Waals surface area (Å²) in [7, 11) is 1.99. The van der Waals surface area contributed by atoms with E-state index in [1.807, 2.05) is 17.9 Å². The van der Waals surface area contributed by atoms with E-state index in [9.17, 15) is 5.11 Å². The molecule has 1 aromatic rings. The first-order valence-electron chi connectivity index (χ1n) is 7.85. The molecule has 0 saturated carbocycles. The predicted octanol–water partition coefficient (Wildman–Crippen LogP) is 2.35. The average molecular weight is 279 g/mol. The third kappa shape index (κ3) is 3.83. The van der Waals surface area contributed by atoms with Crippen LogP contribution in [0.3, 0.4) is 0 Å². The molecule has 4 nitrogen and oxygen atoms in total. The van der Waals surface area contributed by atoms with Gasteiger partial charge in [0.1, 0.15) is 0 Å². The van der Waals surface area contributed by atoms with Crippen molar-refractivity contribution < 1.29 is 5.11 Å². The van der Waals surface area contributed by atoms with Gasteiger partial charge in [0, 0.05) is 24.8 Å². The highest BCUT2D eigenvalue weighted by Crippen LogP contribution is 2.25. The second-order valence-electron chi connectivity index (χ2n) is 6.69. The second-order valence-corrected chi connectivity index (χ2v) is 6.69. The normalized spacial score (nSPS) is 19.7. The predicted molar refractivity (Wildman–Crippen MR) is 81.4 cm³/mol. The van der Waals surface area contributed by atoms with Gasteiger partial charge in [-0.05, 0) is 51.1 Å². The molecule has 0 radical (unpaired) electrons. The minimum absolute atomic E-state index is 0.114. The zero-order chi connectivity index (χ0) is 14.7. The van der Waals surface area contributed by atoms with E-state index in [1.165, 1.54) is 11.3 Å². The van der Waals surface area contributed by atoms with Crippen molar-refractivity contribution >= 4 is 0 Å². The van der Waals surface area contributed by atoms with E-state index in [0.717, 1.165) is 38.9 Å². The topological polar surface area (TPSA) is 41.3 Å². The number of hydrogen-bond acceptors (Lipinski definition) is 3. The summed E-state index contributed by atoms with van der Waals surface area (Å²) in [5, 5.41) is 14.5. The Labute approximate surface area is 122 Å². The van der Waals surface area contributed by atoms with E-state index < -0.39 is 0 Å². The van der Waals surface area contributed by atoms with E-state index in [2.05, 4.69) is 30.8 Å². The lowest BCUT2D eigenvalue weighted by Gasteiger charge is -2.34. The van der Waals surface area contributed by atoms with E-state index >= 15 is 0 Å². The fourth-order valence-electron chi connectivity index (χ4n) is 3.11. The van der Waals surface area contributed by atoms with E-state index in [1.54, 1.807) is 0 Å². The fraction of sp³-hybridized carbons (Fsp3) is 0.812. The Morgan fingerprint density at radius 3 is 2.50 bits per heavy atom. The van der Waals surface area contributed by atoms with Gasteiger partial charge in [0.2, 0.25) is 0 Å². The lowest BCUT2D eigenvalue weighted by atomic mass is 9.87. The number of hydrogen-bond donors (Lipinski definition) is 1. The SMILES string of the molecule is Cc1c(CN2CCC([C@H](O)CC(C)C)CC2)cnn1C. The summed E-state index contributed by atoms with van der Waals surface area (Å²) in [6.07, 6.45) is 5.04. The summed E-state index contributed by atoms with van der Waals surface area (Å²) in [4.78, 5) is 2.49. The minimum Gasteiger partial charge on any atom is -0.393 e. The Bertz CT molecular complexity index is 419. The van der Waals surface area contributed by atoms with Crippen LogP contribution < -0.4 is 0 Å². The average Bonchev–Trinajstić information content (AvgIpc) is 2.71.